The van der Waals surface area contributed by atoms with E-state index in [1.54, 1.807) is 0 Å². The second-order valence-corrected chi connectivity index (χ2v) is 7.85. The number of thioether (sulfide) groups is 1. The summed E-state index contributed by atoms with van der Waals surface area (Å²) in [6, 6.07) is 0.722. The third-order valence-electron chi connectivity index (χ3n) is 3.44. The number of rotatable bonds is 4. The molecule has 1 saturated heterocycles. The fraction of sp³-hybridized carbons (Fsp3) is 1.00. The van der Waals surface area contributed by atoms with Crippen molar-refractivity contribution in [1.29, 1.82) is 0 Å². The number of nitrogens with two attached hydrogens (primary N) is 1. The van der Waals surface area contributed by atoms with Gasteiger partial charge in [0.1, 0.15) is 0 Å². The maximum atomic E-state index is 5.81. The van der Waals surface area contributed by atoms with Gasteiger partial charge in [0.2, 0.25) is 0 Å². The Balaban J connectivity index is 2.51. The van der Waals surface area contributed by atoms with Crippen molar-refractivity contribution in [1.82, 2.24) is 4.90 Å². The van der Waals surface area contributed by atoms with Crippen molar-refractivity contribution in [2.75, 3.05) is 31.6 Å². The van der Waals surface area contributed by atoms with Gasteiger partial charge in [-0.1, -0.05) is 27.7 Å². The van der Waals surface area contributed by atoms with Crippen molar-refractivity contribution >= 4 is 11.8 Å². The van der Waals surface area contributed by atoms with Crippen molar-refractivity contribution < 1.29 is 0 Å². The van der Waals surface area contributed by atoms with E-state index in [4.69, 9.17) is 5.73 Å². The van der Waals surface area contributed by atoms with Crippen LogP contribution in [0.15, 0.2) is 0 Å². The SMILES string of the molecule is CN(CC(C)(C)CN)C1CSCC(C)(C)C1. The molecule has 0 amide bonds. The molecule has 1 atom stereocenters. The molecular weight excluding hydrogens is 216 g/mol. The molecule has 0 radical (unpaired) electrons. The first kappa shape index (κ1) is 14.3. The van der Waals surface area contributed by atoms with Crippen molar-refractivity contribution in [2.24, 2.45) is 16.6 Å². The number of hydrogen-bond donors (Lipinski definition) is 1. The molecule has 0 aromatic heterocycles. The maximum absolute atomic E-state index is 5.81. The van der Waals surface area contributed by atoms with Crippen molar-refractivity contribution in [3.8, 4) is 0 Å². The van der Waals surface area contributed by atoms with Gasteiger partial charge in [0.15, 0.2) is 0 Å². The third kappa shape index (κ3) is 4.27. The van der Waals surface area contributed by atoms with E-state index < -0.39 is 0 Å². The molecule has 0 spiro atoms. The fourth-order valence-electron chi connectivity index (χ4n) is 2.38. The molecule has 96 valence electrons. The molecule has 0 saturated carbocycles. The van der Waals surface area contributed by atoms with Crippen LogP contribution in [0, 0.1) is 10.8 Å². The number of hydrogen-bond acceptors (Lipinski definition) is 3. The van der Waals surface area contributed by atoms with E-state index in [1.165, 1.54) is 17.9 Å². The molecule has 1 heterocycles. The average molecular weight is 244 g/mol. The largest absolute Gasteiger partial charge is 0.330 e. The average Bonchev–Trinajstić information content (AvgIpc) is 2.15. The molecule has 16 heavy (non-hydrogen) atoms. The molecule has 0 bridgehead atoms. The van der Waals surface area contributed by atoms with Gasteiger partial charge in [0.05, 0.1) is 0 Å². The Bertz CT molecular complexity index is 226. The lowest BCUT2D eigenvalue weighted by atomic mass is 9.86. The minimum absolute atomic E-state index is 0.237. The van der Waals surface area contributed by atoms with E-state index in [1.807, 2.05) is 0 Å². The summed E-state index contributed by atoms with van der Waals surface area (Å²) in [5.41, 5.74) is 6.54. The standard InChI is InChI=1S/C13H28N2S/c1-12(2)6-11(7-16-10-12)15(5)9-13(3,4)8-14/h11H,6-10,14H2,1-5H3. The number of nitrogens with zero attached hydrogens (tertiary/aromatic N) is 1. The van der Waals surface area contributed by atoms with Crippen LogP contribution in [0.4, 0.5) is 0 Å². The predicted molar refractivity (Wildman–Crippen MR) is 75.0 cm³/mol. The van der Waals surface area contributed by atoms with Crippen LogP contribution in [-0.4, -0.2) is 42.6 Å². The highest BCUT2D eigenvalue weighted by Gasteiger charge is 2.32. The molecule has 1 fully saturated rings. The molecule has 2 N–H and O–H groups in total. The quantitative estimate of drug-likeness (QED) is 0.823. The van der Waals surface area contributed by atoms with Gasteiger partial charge in [-0.25, -0.2) is 0 Å². The lowest BCUT2D eigenvalue weighted by Crippen LogP contribution is -2.46. The Morgan fingerprint density at radius 1 is 1.44 bits per heavy atom. The van der Waals surface area contributed by atoms with Gasteiger partial charge in [-0.15, -0.1) is 0 Å². The van der Waals surface area contributed by atoms with Crippen molar-refractivity contribution in [2.45, 2.75) is 40.2 Å². The van der Waals surface area contributed by atoms with E-state index in [2.05, 4.69) is 51.4 Å². The Hall–Kier alpha value is 0.270. The Morgan fingerprint density at radius 3 is 2.56 bits per heavy atom. The molecule has 1 unspecified atom stereocenters. The molecule has 1 aliphatic heterocycles. The second-order valence-electron chi connectivity index (χ2n) is 6.82. The first-order valence-corrected chi connectivity index (χ1v) is 7.39. The maximum Gasteiger partial charge on any atom is 0.0188 e. The van der Waals surface area contributed by atoms with Gasteiger partial charge >= 0.3 is 0 Å². The highest BCUT2D eigenvalue weighted by atomic mass is 32.2. The van der Waals surface area contributed by atoms with Crippen LogP contribution < -0.4 is 5.73 Å². The molecule has 3 heteroatoms. The van der Waals surface area contributed by atoms with Gasteiger partial charge in [0, 0.05) is 18.3 Å². The molecule has 2 nitrogen and oxygen atoms in total. The van der Waals surface area contributed by atoms with Crippen LogP contribution in [0.5, 0.6) is 0 Å². The van der Waals surface area contributed by atoms with Gasteiger partial charge in [0.25, 0.3) is 0 Å². The zero-order valence-corrected chi connectivity index (χ0v) is 12.4. The first-order chi connectivity index (χ1) is 7.26. The first-order valence-electron chi connectivity index (χ1n) is 6.24. The minimum atomic E-state index is 0.237. The summed E-state index contributed by atoms with van der Waals surface area (Å²) in [6.45, 7) is 11.1. The highest BCUT2D eigenvalue weighted by molar-refractivity contribution is 7.99. The van der Waals surface area contributed by atoms with Crippen LogP contribution in [0.1, 0.15) is 34.1 Å². The van der Waals surface area contributed by atoms with E-state index in [0.717, 1.165) is 19.1 Å². The Kier molecular flexibility index (Phi) is 4.73. The van der Waals surface area contributed by atoms with Crippen LogP contribution in [0.3, 0.4) is 0 Å². The fourth-order valence-corrected chi connectivity index (χ4v) is 3.81. The Labute approximate surface area is 105 Å². The van der Waals surface area contributed by atoms with E-state index in [9.17, 15) is 0 Å². The summed E-state index contributed by atoms with van der Waals surface area (Å²) < 4.78 is 0. The summed E-state index contributed by atoms with van der Waals surface area (Å²) >= 11 is 2.10. The smallest absolute Gasteiger partial charge is 0.0188 e. The molecule has 1 rings (SSSR count). The topological polar surface area (TPSA) is 29.3 Å². The van der Waals surface area contributed by atoms with Crippen LogP contribution >= 0.6 is 11.8 Å². The molecule has 1 aliphatic rings. The van der Waals surface area contributed by atoms with Gasteiger partial charge in [-0.05, 0) is 36.6 Å². The normalized spacial score (nSPS) is 26.1. The molecule has 0 aromatic carbocycles. The van der Waals surface area contributed by atoms with Crippen LogP contribution in [-0.2, 0) is 0 Å². The van der Waals surface area contributed by atoms with Crippen molar-refractivity contribution in [3.63, 3.8) is 0 Å². The van der Waals surface area contributed by atoms with Crippen molar-refractivity contribution in [3.05, 3.63) is 0 Å². The van der Waals surface area contributed by atoms with Gasteiger partial charge in [-0.3, -0.25) is 0 Å². The van der Waals surface area contributed by atoms with Gasteiger partial charge in [-0.2, -0.15) is 11.8 Å². The molecule has 0 aromatic rings. The summed E-state index contributed by atoms with van der Waals surface area (Å²) in [5, 5.41) is 0. The summed E-state index contributed by atoms with van der Waals surface area (Å²) in [6.07, 6.45) is 1.32. The minimum Gasteiger partial charge on any atom is -0.330 e. The summed E-state index contributed by atoms with van der Waals surface area (Å²) in [4.78, 5) is 2.51. The predicted octanol–water partition coefficient (Wildman–Crippen LogP) is 2.43. The zero-order valence-electron chi connectivity index (χ0n) is 11.5. The summed E-state index contributed by atoms with van der Waals surface area (Å²) in [5.74, 6) is 2.58. The van der Waals surface area contributed by atoms with E-state index >= 15 is 0 Å². The molecule has 0 aliphatic carbocycles. The third-order valence-corrected chi connectivity index (χ3v) is 5.05. The lowest BCUT2D eigenvalue weighted by molar-refractivity contribution is 0.140. The zero-order chi connectivity index (χ0) is 12.4. The van der Waals surface area contributed by atoms with Gasteiger partial charge < -0.3 is 10.6 Å². The highest BCUT2D eigenvalue weighted by Crippen LogP contribution is 2.35. The molecular formula is C13H28N2S. The van der Waals surface area contributed by atoms with Crippen LogP contribution in [0.2, 0.25) is 0 Å². The lowest BCUT2D eigenvalue weighted by Gasteiger charge is -2.41. The van der Waals surface area contributed by atoms with E-state index in [-0.39, 0.29) is 5.41 Å². The second kappa shape index (κ2) is 5.28. The van der Waals surface area contributed by atoms with Crippen LogP contribution in [0.25, 0.3) is 0 Å². The Morgan fingerprint density at radius 2 is 2.06 bits per heavy atom. The summed E-state index contributed by atoms with van der Waals surface area (Å²) in [7, 11) is 2.25. The monoisotopic (exact) mass is 244 g/mol. The van der Waals surface area contributed by atoms with E-state index in [0.29, 0.717) is 5.41 Å².